The first-order valence-corrected chi connectivity index (χ1v) is 8.28. The van der Waals surface area contributed by atoms with E-state index in [-0.39, 0.29) is 5.54 Å². The molecule has 0 atom stereocenters. The van der Waals surface area contributed by atoms with Crippen molar-refractivity contribution in [3.8, 4) is 0 Å². The number of aryl methyl sites for hydroxylation is 1. The van der Waals surface area contributed by atoms with Gasteiger partial charge in [0.05, 0.1) is 16.9 Å². The van der Waals surface area contributed by atoms with E-state index in [2.05, 4.69) is 48.7 Å². The van der Waals surface area contributed by atoms with Crippen LogP contribution in [-0.2, 0) is 12.4 Å². The lowest BCUT2D eigenvalue weighted by Gasteiger charge is -2.37. The van der Waals surface area contributed by atoms with Gasteiger partial charge in [-0.15, -0.1) is 11.6 Å². The van der Waals surface area contributed by atoms with Crippen LogP contribution in [-0.4, -0.2) is 34.1 Å². The molecule has 0 unspecified atom stereocenters. The van der Waals surface area contributed by atoms with Gasteiger partial charge in [-0.25, -0.2) is 4.98 Å². The van der Waals surface area contributed by atoms with Crippen LogP contribution in [0.2, 0.25) is 0 Å². The molecule has 0 radical (unpaired) electrons. The number of halogens is 1. The maximum atomic E-state index is 6.16. The van der Waals surface area contributed by atoms with Crippen molar-refractivity contribution >= 4 is 22.6 Å². The Morgan fingerprint density at radius 1 is 1.29 bits per heavy atom. The van der Waals surface area contributed by atoms with Gasteiger partial charge >= 0.3 is 0 Å². The van der Waals surface area contributed by atoms with Gasteiger partial charge in [0.25, 0.3) is 0 Å². The first-order chi connectivity index (χ1) is 10.1. The van der Waals surface area contributed by atoms with E-state index in [0.717, 1.165) is 17.9 Å². The number of alkyl halides is 1. The van der Waals surface area contributed by atoms with Gasteiger partial charge < -0.3 is 9.47 Å². The molecule has 2 aromatic rings. The number of benzene rings is 1. The zero-order valence-corrected chi connectivity index (χ0v) is 14.0. The van der Waals surface area contributed by atoms with Crippen LogP contribution in [0.5, 0.6) is 0 Å². The molecule has 1 aliphatic carbocycles. The lowest BCUT2D eigenvalue weighted by Crippen LogP contribution is -2.45. The lowest BCUT2D eigenvalue weighted by atomic mass is 9.95. The van der Waals surface area contributed by atoms with Crippen LogP contribution in [0, 0.1) is 6.92 Å². The molecule has 0 amide bonds. The molecule has 3 nitrogen and oxygen atoms in total. The zero-order chi connectivity index (χ0) is 15.0. The summed E-state index contributed by atoms with van der Waals surface area (Å²) in [4.78, 5) is 7.14. The SMILES string of the molecule is Cc1ccc2c(c1)nc(CCl)n2CC1(N(C)C)CCCC1. The molecule has 1 aromatic carbocycles. The van der Waals surface area contributed by atoms with E-state index < -0.39 is 0 Å². The number of rotatable bonds is 4. The van der Waals surface area contributed by atoms with Crippen molar-refractivity contribution in [1.29, 1.82) is 0 Å². The second kappa shape index (κ2) is 5.62. The summed E-state index contributed by atoms with van der Waals surface area (Å²) >= 11 is 6.16. The number of hydrogen-bond acceptors (Lipinski definition) is 2. The molecule has 21 heavy (non-hydrogen) atoms. The average Bonchev–Trinajstić information content (AvgIpc) is 3.05. The Balaban J connectivity index is 2.06. The summed E-state index contributed by atoms with van der Waals surface area (Å²) in [7, 11) is 4.41. The molecule has 1 saturated carbocycles. The Kier molecular flexibility index (Phi) is 3.98. The van der Waals surface area contributed by atoms with Crippen molar-refractivity contribution in [3.05, 3.63) is 29.6 Å². The van der Waals surface area contributed by atoms with E-state index >= 15 is 0 Å². The third-order valence-corrected chi connectivity index (χ3v) is 5.28. The Morgan fingerprint density at radius 2 is 2.00 bits per heavy atom. The first kappa shape index (κ1) is 14.9. The number of imidazole rings is 1. The van der Waals surface area contributed by atoms with E-state index in [1.807, 2.05) is 0 Å². The third-order valence-electron chi connectivity index (χ3n) is 5.04. The van der Waals surface area contributed by atoms with Crippen LogP contribution in [0.3, 0.4) is 0 Å². The zero-order valence-electron chi connectivity index (χ0n) is 13.2. The predicted octanol–water partition coefficient (Wildman–Crippen LogP) is 3.96. The van der Waals surface area contributed by atoms with Crippen LogP contribution >= 0.6 is 11.6 Å². The van der Waals surface area contributed by atoms with Gasteiger partial charge in [-0.2, -0.15) is 0 Å². The van der Waals surface area contributed by atoms with E-state index in [1.165, 1.54) is 36.8 Å². The van der Waals surface area contributed by atoms with Gasteiger partial charge in [0, 0.05) is 12.1 Å². The van der Waals surface area contributed by atoms with Crippen LogP contribution in [0.15, 0.2) is 18.2 Å². The highest BCUT2D eigenvalue weighted by molar-refractivity contribution is 6.16. The van der Waals surface area contributed by atoms with Crippen LogP contribution in [0.25, 0.3) is 11.0 Å². The molecule has 4 heteroatoms. The smallest absolute Gasteiger partial charge is 0.124 e. The standard InChI is InChI=1S/C17H24ClN3/c1-13-6-7-15-14(10-13)19-16(11-18)21(15)12-17(20(2)3)8-4-5-9-17/h6-7,10H,4-5,8-9,11-12H2,1-3H3. The second-order valence-electron chi connectivity index (χ2n) is 6.57. The van der Waals surface area contributed by atoms with Gasteiger partial charge in [-0.05, 0) is 51.6 Å². The number of hydrogen-bond donors (Lipinski definition) is 0. The highest BCUT2D eigenvalue weighted by Crippen LogP contribution is 2.36. The summed E-state index contributed by atoms with van der Waals surface area (Å²) in [6, 6.07) is 6.50. The summed E-state index contributed by atoms with van der Waals surface area (Å²) in [5, 5.41) is 0. The van der Waals surface area contributed by atoms with Gasteiger partial charge in [0.2, 0.25) is 0 Å². The van der Waals surface area contributed by atoms with Gasteiger partial charge in [0.1, 0.15) is 5.82 Å². The fraction of sp³-hybridized carbons (Fsp3) is 0.588. The number of fused-ring (bicyclic) bond motifs is 1. The summed E-state index contributed by atoms with van der Waals surface area (Å²) in [5.74, 6) is 1.46. The Hall–Kier alpha value is -1.06. The topological polar surface area (TPSA) is 21.1 Å². The van der Waals surface area contributed by atoms with E-state index in [4.69, 9.17) is 16.6 Å². The molecule has 0 spiro atoms. The third kappa shape index (κ3) is 2.58. The van der Waals surface area contributed by atoms with Gasteiger partial charge in [0.15, 0.2) is 0 Å². The van der Waals surface area contributed by atoms with Gasteiger partial charge in [-0.3, -0.25) is 0 Å². The highest BCUT2D eigenvalue weighted by Gasteiger charge is 2.37. The molecule has 0 saturated heterocycles. The Morgan fingerprint density at radius 3 is 2.62 bits per heavy atom. The molecule has 1 aromatic heterocycles. The number of nitrogens with zero attached hydrogens (tertiary/aromatic N) is 3. The molecular weight excluding hydrogens is 282 g/mol. The maximum Gasteiger partial charge on any atom is 0.124 e. The summed E-state index contributed by atoms with van der Waals surface area (Å²) in [5.41, 5.74) is 3.78. The summed E-state index contributed by atoms with van der Waals surface area (Å²) in [6.07, 6.45) is 5.15. The quantitative estimate of drug-likeness (QED) is 0.797. The largest absolute Gasteiger partial charge is 0.325 e. The van der Waals surface area contributed by atoms with E-state index in [0.29, 0.717) is 5.88 Å². The Labute approximate surface area is 131 Å². The average molecular weight is 306 g/mol. The molecule has 114 valence electrons. The molecular formula is C17H24ClN3. The molecule has 1 aliphatic rings. The predicted molar refractivity (Wildman–Crippen MR) is 88.9 cm³/mol. The fourth-order valence-electron chi connectivity index (χ4n) is 3.64. The monoisotopic (exact) mass is 305 g/mol. The normalized spacial score (nSPS) is 18.0. The van der Waals surface area contributed by atoms with Crippen molar-refractivity contribution in [2.24, 2.45) is 0 Å². The van der Waals surface area contributed by atoms with Crippen molar-refractivity contribution in [2.45, 2.75) is 50.6 Å². The molecule has 1 fully saturated rings. The molecule has 0 aliphatic heterocycles. The minimum Gasteiger partial charge on any atom is -0.325 e. The molecule has 0 N–H and O–H groups in total. The summed E-state index contributed by atoms with van der Waals surface area (Å²) in [6.45, 7) is 3.10. The van der Waals surface area contributed by atoms with Crippen LogP contribution < -0.4 is 0 Å². The van der Waals surface area contributed by atoms with E-state index in [1.54, 1.807) is 0 Å². The second-order valence-corrected chi connectivity index (χ2v) is 6.83. The summed E-state index contributed by atoms with van der Waals surface area (Å²) < 4.78 is 2.34. The number of likely N-dealkylation sites (N-methyl/N-ethyl adjacent to an activating group) is 1. The maximum absolute atomic E-state index is 6.16. The first-order valence-electron chi connectivity index (χ1n) is 7.75. The Bertz CT molecular complexity index is 639. The lowest BCUT2D eigenvalue weighted by molar-refractivity contribution is 0.134. The molecule has 3 rings (SSSR count). The van der Waals surface area contributed by atoms with Crippen molar-refractivity contribution in [2.75, 3.05) is 14.1 Å². The van der Waals surface area contributed by atoms with Crippen LogP contribution in [0.4, 0.5) is 0 Å². The highest BCUT2D eigenvalue weighted by atomic mass is 35.5. The molecule has 0 bridgehead atoms. The van der Waals surface area contributed by atoms with Crippen molar-refractivity contribution < 1.29 is 0 Å². The molecule has 1 heterocycles. The number of aromatic nitrogens is 2. The van der Waals surface area contributed by atoms with Gasteiger partial charge in [-0.1, -0.05) is 18.9 Å². The fourth-order valence-corrected chi connectivity index (χ4v) is 3.85. The van der Waals surface area contributed by atoms with E-state index in [9.17, 15) is 0 Å². The minimum absolute atomic E-state index is 0.249. The minimum atomic E-state index is 0.249. The van der Waals surface area contributed by atoms with Crippen LogP contribution in [0.1, 0.15) is 37.1 Å². The van der Waals surface area contributed by atoms with Crippen molar-refractivity contribution in [3.63, 3.8) is 0 Å². The van der Waals surface area contributed by atoms with Crippen molar-refractivity contribution in [1.82, 2.24) is 14.5 Å².